The molecule has 1 aromatic rings. The van der Waals surface area contributed by atoms with Gasteiger partial charge in [0.25, 0.3) is 0 Å². The summed E-state index contributed by atoms with van der Waals surface area (Å²) in [5, 5.41) is 9.84. The maximum atomic E-state index is 11.7. The Hall–Kier alpha value is -1.95. The van der Waals surface area contributed by atoms with Crippen LogP contribution in [0.3, 0.4) is 0 Å². The number of hydrogen-bond acceptors (Lipinski definition) is 5. The number of ether oxygens (including phenoxy) is 2. The van der Waals surface area contributed by atoms with Crippen LogP contribution >= 0.6 is 0 Å². The van der Waals surface area contributed by atoms with Crippen LogP contribution in [-0.2, 0) is 11.2 Å². The molecule has 1 heterocycles. The zero-order chi connectivity index (χ0) is 14.7. The van der Waals surface area contributed by atoms with E-state index in [1.165, 1.54) is 14.2 Å². The van der Waals surface area contributed by atoms with Gasteiger partial charge in [-0.05, 0) is 24.1 Å². The first kappa shape index (κ1) is 14.5. The number of nitrogens with zero attached hydrogens (tertiary/aromatic N) is 1. The molecule has 1 saturated heterocycles. The molecule has 1 aliphatic rings. The Balaban J connectivity index is 2.08. The number of benzene rings is 1. The predicted octanol–water partition coefficient (Wildman–Crippen LogP) is 0.512. The molecule has 0 saturated carbocycles. The van der Waals surface area contributed by atoms with Gasteiger partial charge in [-0.2, -0.15) is 0 Å². The van der Waals surface area contributed by atoms with E-state index in [9.17, 15) is 9.90 Å². The molecule has 6 nitrogen and oxygen atoms in total. The minimum atomic E-state index is -0.0635. The first-order valence-corrected chi connectivity index (χ1v) is 6.52. The van der Waals surface area contributed by atoms with Crippen LogP contribution < -0.4 is 15.2 Å². The van der Waals surface area contributed by atoms with Crippen LogP contribution in [-0.4, -0.2) is 49.3 Å². The lowest BCUT2D eigenvalue weighted by Gasteiger charge is -2.17. The number of likely N-dealkylation sites (tertiary alicyclic amines) is 1. The third kappa shape index (κ3) is 2.96. The topological polar surface area (TPSA) is 85.0 Å². The molecule has 2 rings (SSSR count). The molecule has 6 heteroatoms. The van der Waals surface area contributed by atoms with Crippen molar-refractivity contribution in [2.75, 3.05) is 27.3 Å². The van der Waals surface area contributed by atoms with Gasteiger partial charge in [-0.15, -0.1) is 0 Å². The highest BCUT2D eigenvalue weighted by molar-refractivity contribution is 5.79. The van der Waals surface area contributed by atoms with Crippen LogP contribution in [0.15, 0.2) is 12.1 Å². The lowest BCUT2D eigenvalue weighted by Crippen LogP contribution is -2.30. The van der Waals surface area contributed by atoms with Crippen molar-refractivity contribution in [1.29, 1.82) is 0 Å². The molecule has 110 valence electrons. The van der Waals surface area contributed by atoms with E-state index < -0.39 is 0 Å². The van der Waals surface area contributed by atoms with E-state index in [0.717, 1.165) is 5.56 Å². The lowest BCUT2D eigenvalue weighted by atomic mass is 10.1. The van der Waals surface area contributed by atoms with Crippen LogP contribution in [0.1, 0.15) is 12.0 Å². The number of hydrogen-bond donors (Lipinski definition) is 2. The van der Waals surface area contributed by atoms with E-state index in [-0.39, 0.29) is 17.7 Å². The molecule has 0 bridgehead atoms. The largest absolute Gasteiger partial charge is 0.502 e. The van der Waals surface area contributed by atoms with E-state index in [1.807, 2.05) is 0 Å². The molecule has 0 spiro atoms. The maximum absolute atomic E-state index is 11.7. The number of nitrogens with two attached hydrogens (primary N) is 1. The van der Waals surface area contributed by atoms with Crippen molar-refractivity contribution in [1.82, 2.24) is 4.90 Å². The average molecular weight is 280 g/mol. The number of rotatable bonds is 5. The second-order valence-electron chi connectivity index (χ2n) is 4.90. The normalized spacial score (nSPS) is 18.4. The zero-order valence-corrected chi connectivity index (χ0v) is 11.8. The molecule has 1 unspecified atom stereocenters. The quantitative estimate of drug-likeness (QED) is 0.821. The van der Waals surface area contributed by atoms with E-state index in [4.69, 9.17) is 15.2 Å². The summed E-state index contributed by atoms with van der Waals surface area (Å²) in [5.41, 5.74) is 6.70. The van der Waals surface area contributed by atoms with Gasteiger partial charge in [-0.25, -0.2) is 0 Å². The highest BCUT2D eigenvalue weighted by Gasteiger charge is 2.26. The molecule has 0 aromatic heterocycles. The van der Waals surface area contributed by atoms with Crippen LogP contribution in [0.25, 0.3) is 0 Å². The minimum Gasteiger partial charge on any atom is -0.502 e. The number of aromatic hydroxyl groups is 1. The monoisotopic (exact) mass is 280 g/mol. The van der Waals surface area contributed by atoms with Crippen molar-refractivity contribution in [3.63, 3.8) is 0 Å². The fourth-order valence-corrected chi connectivity index (χ4v) is 2.38. The maximum Gasteiger partial charge on any atom is 0.224 e. The van der Waals surface area contributed by atoms with Crippen molar-refractivity contribution in [2.45, 2.75) is 18.9 Å². The van der Waals surface area contributed by atoms with E-state index >= 15 is 0 Å². The molecule has 0 aliphatic carbocycles. The Labute approximate surface area is 118 Å². The Morgan fingerprint density at radius 3 is 2.40 bits per heavy atom. The third-order valence-corrected chi connectivity index (χ3v) is 3.45. The summed E-state index contributed by atoms with van der Waals surface area (Å²) in [6, 6.07) is 3.43. The second kappa shape index (κ2) is 6.00. The van der Waals surface area contributed by atoms with E-state index in [0.29, 0.717) is 37.4 Å². The fourth-order valence-electron chi connectivity index (χ4n) is 2.38. The zero-order valence-electron chi connectivity index (χ0n) is 11.8. The molecule has 1 aliphatic heterocycles. The van der Waals surface area contributed by atoms with E-state index in [2.05, 4.69) is 0 Å². The van der Waals surface area contributed by atoms with Gasteiger partial charge in [0.2, 0.25) is 11.7 Å². The van der Waals surface area contributed by atoms with Crippen LogP contribution in [0.5, 0.6) is 17.2 Å². The Bertz CT molecular complexity index is 479. The van der Waals surface area contributed by atoms with Crippen molar-refractivity contribution in [3.8, 4) is 17.2 Å². The molecule has 1 fully saturated rings. The van der Waals surface area contributed by atoms with Crippen LogP contribution in [0.2, 0.25) is 0 Å². The Morgan fingerprint density at radius 2 is 1.95 bits per heavy atom. The highest BCUT2D eigenvalue weighted by Crippen LogP contribution is 2.37. The number of carbonyl (C=O) groups excluding carboxylic acids is 1. The molecule has 3 N–H and O–H groups in total. The summed E-state index contributed by atoms with van der Waals surface area (Å²) in [4.78, 5) is 13.4. The summed E-state index contributed by atoms with van der Waals surface area (Å²) in [7, 11) is 2.97. The standard InChI is InChI=1S/C14H20N2O4/c1-19-11-5-9(6-12(20-2)14(11)18)3-4-16-8-10(15)7-13(16)17/h5-6,10,18H,3-4,7-8,15H2,1-2H3. The fraction of sp³-hybridized carbons (Fsp3) is 0.500. The number of phenolic OH excluding ortho intramolecular Hbond substituents is 1. The van der Waals surface area contributed by atoms with Gasteiger partial charge in [0.15, 0.2) is 11.5 Å². The summed E-state index contributed by atoms with van der Waals surface area (Å²) in [6.07, 6.45) is 1.08. The molecular weight excluding hydrogens is 260 g/mol. The van der Waals surface area contributed by atoms with Gasteiger partial charge < -0.3 is 25.2 Å². The van der Waals surface area contributed by atoms with Gasteiger partial charge in [0.05, 0.1) is 14.2 Å². The molecule has 1 atom stereocenters. The third-order valence-electron chi connectivity index (χ3n) is 3.45. The molecular formula is C14H20N2O4. The summed E-state index contributed by atoms with van der Waals surface area (Å²) in [6.45, 7) is 1.20. The summed E-state index contributed by atoms with van der Waals surface area (Å²) in [5.74, 6) is 0.806. The predicted molar refractivity (Wildman–Crippen MR) is 74.1 cm³/mol. The average Bonchev–Trinajstić information content (AvgIpc) is 2.75. The Morgan fingerprint density at radius 1 is 1.35 bits per heavy atom. The lowest BCUT2D eigenvalue weighted by molar-refractivity contribution is -0.127. The molecule has 1 amide bonds. The number of carbonyl (C=O) groups is 1. The van der Waals surface area contributed by atoms with Gasteiger partial charge in [0.1, 0.15) is 0 Å². The minimum absolute atomic E-state index is 0.0157. The van der Waals surface area contributed by atoms with Crippen LogP contribution in [0, 0.1) is 0 Å². The first-order valence-electron chi connectivity index (χ1n) is 6.52. The summed E-state index contributed by atoms with van der Waals surface area (Å²) < 4.78 is 10.2. The first-order chi connectivity index (χ1) is 9.55. The SMILES string of the molecule is COc1cc(CCN2CC(N)CC2=O)cc(OC)c1O. The van der Waals surface area contributed by atoms with Crippen LogP contribution in [0.4, 0.5) is 0 Å². The number of phenols is 1. The van der Waals surface area contributed by atoms with E-state index in [1.54, 1.807) is 17.0 Å². The molecule has 1 aromatic carbocycles. The van der Waals surface area contributed by atoms with Gasteiger partial charge in [0, 0.05) is 25.6 Å². The number of amides is 1. The Kier molecular flexibility index (Phi) is 4.34. The smallest absolute Gasteiger partial charge is 0.224 e. The van der Waals surface area contributed by atoms with Crippen molar-refractivity contribution < 1.29 is 19.4 Å². The highest BCUT2D eigenvalue weighted by atomic mass is 16.5. The van der Waals surface area contributed by atoms with Gasteiger partial charge in [-0.1, -0.05) is 0 Å². The number of methoxy groups -OCH3 is 2. The summed E-state index contributed by atoms with van der Waals surface area (Å²) >= 11 is 0. The van der Waals surface area contributed by atoms with Gasteiger partial charge >= 0.3 is 0 Å². The molecule has 0 radical (unpaired) electrons. The van der Waals surface area contributed by atoms with Crippen molar-refractivity contribution >= 4 is 5.91 Å². The second-order valence-corrected chi connectivity index (χ2v) is 4.90. The van der Waals surface area contributed by atoms with Crippen molar-refractivity contribution in [3.05, 3.63) is 17.7 Å². The molecule has 20 heavy (non-hydrogen) atoms. The van der Waals surface area contributed by atoms with Crippen molar-refractivity contribution in [2.24, 2.45) is 5.73 Å². The van der Waals surface area contributed by atoms with Gasteiger partial charge in [-0.3, -0.25) is 4.79 Å².